The second kappa shape index (κ2) is 8.52. The number of nitrogens with zero attached hydrogens (tertiary/aromatic N) is 1. The molecule has 0 bridgehead atoms. The molecule has 0 atom stereocenters. The van der Waals surface area contributed by atoms with Crippen molar-refractivity contribution in [2.75, 3.05) is 20.3 Å². The molecule has 0 spiro atoms. The van der Waals surface area contributed by atoms with Gasteiger partial charge in [0.25, 0.3) is 0 Å². The highest BCUT2D eigenvalue weighted by Gasteiger charge is 2.10. The molecule has 116 valence electrons. The third-order valence-electron chi connectivity index (χ3n) is 3.19. The molecule has 4 heteroatoms. The number of ether oxygens (including phenoxy) is 2. The van der Waals surface area contributed by atoms with E-state index in [0.717, 1.165) is 16.7 Å². The number of hydrogen-bond acceptors (Lipinski definition) is 4. The summed E-state index contributed by atoms with van der Waals surface area (Å²) in [4.78, 5) is 11.8. The minimum absolute atomic E-state index is 0.0337. The van der Waals surface area contributed by atoms with Gasteiger partial charge in [-0.05, 0) is 22.8 Å². The highest BCUT2D eigenvalue weighted by molar-refractivity contribution is 5.97. The van der Waals surface area contributed by atoms with Crippen LogP contribution in [0.25, 0.3) is 17.2 Å². The van der Waals surface area contributed by atoms with Gasteiger partial charge in [-0.25, -0.2) is 4.79 Å². The maximum Gasteiger partial charge on any atom is 0.348 e. The smallest absolute Gasteiger partial charge is 0.348 e. The summed E-state index contributed by atoms with van der Waals surface area (Å²) in [6, 6.07) is 19.5. The van der Waals surface area contributed by atoms with E-state index in [4.69, 9.17) is 14.7 Å². The zero-order valence-corrected chi connectivity index (χ0v) is 12.9. The maximum absolute atomic E-state index is 11.8. The number of nitriles is 1. The van der Waals surface area contributed by atoms with Crippen LogP contribution in [0.4, 0.5) is 0 Å². The maximum atomic E-state index is 11.8. The summed E-state index contributed by atoms with van der Waals surface area (Å²) in [6.45, 7) is 0.428. The molecular weight excluding hydrogens is 290 g/mol. The Hall–Kier alpha value is -2.90. The quantitative estimate of drug-likeness (QED) is 0.355. The van der Waals surface area contributed by atoms with Crippen molar-refractivity contribution in [3.05, 3.63) is 65.7 Å². The molecule has 0 aliphatic rings. The molecule has 0 unspecified atom stereocenters. The first-order valence-corrected chi connectivity index (χ1v) is 7.18. The van der Waals surface area contributed by atoms with Crippen molar-refractivity contribution in [1.82, 2.24) is 0 Å². The molecule has 23 heavy (non-hydrogen) atoms. The molecule has 0 N–H and O–H groups in total. The van der Waals surface area contributed by atoms with Gasteiger partial charge in [0, 0.05) is 7.11 Å². The van der Waals surface area contributed by atoms with Gasteiger partial charge in [-0.15, -0.1) is 0 Å². The molecule has 2 aromatic rings. The van der Waals surface area contributed by atoms with Crippen molar-refractivity contribution in [2.45, 2.75) is 0 Å². The number of rotatable bonds is 6. The number of methoxy groups -OCH3 is 1. The number of benzene rings is 2. The van der Waals surface area contributed by atoms with Gasteiger partial charge in [-0.1, -0.05) is 54.6 Å². The number of hydrogen-bond donors (Lipinski definition) is 0. The summed E-state index contributed by atoms with van der Waals surface area (Å²) in [5.41, 5.74) is 2.92. The van der Waals surface area contributed by atoms with E-state index in [1.54, 1.807) is 0 Å². The van der Waals surface area contributed by atoms with Crippen LogP contribution in [0.5, 0.6) is 0 Å². The van der Waals surface area contributed by atoms with Gasteiger partial charge in [-0.3, -0.25) is 0 Å². The lowest BCUT2D eigenvalue weighted by molar-refractivity contribution is -0.139. The standard InChI is InChI=1S/C19H17NO3/c1-22-11-12-23-19(21)18(14-20)13-15-7-9-17(10-8-15)16-5-3-2-4-6-16/h2-10,13H,11-12H2,1H3/b18-13+. The number of carbonyl (C=O) groups is 1. The van der Waals surface area contributed by atoms with Crippen LogP contribution in [-0.2, 0) is 14.3 Å². The minimum Gasteiger partial charge on any atom is -0.459 e. The lowest BCUT2D eigenvalue weighted by Gasteiger charge is -2.04. The SMILES string of the molecule is COCCOC(=O)/C(C#N)=C/c1ccc(-c2ccccc2)cc1. The van der Waals surface area contributed by atoms with E-state index in [1.165, 1.54) is 13.2 Å². The monoisotopic (exact) mass is 307 g/mol. The van der Waals surface area contributed by atoms with Crippen LogP contribution in [-0.4, -0.2) is 26.3 Å². The van der Waals surface area contributed by atoms with Gasteiger partial charge in [-0.2, -0.15) is 5.26 Å². The third-order valence-corrected chi connectivity index (χ3v) is 3.19. The molecule has 2 rings (SSSR count). The molecule has 0 radical (unpaired) electrons. The van der Waals surface area contributed by atoms with E-state index in [-0.39, 0.29) is 12.2 Å². The predicted octanol–water partition coefficient (Wildman–Crippen LogP) is 3.45. The molecule has 0 aliphatic carbocycles. The van der Waals surface area contributed by atoms with Crippen LogP contribution < -0.4 is 0 Å². The van der Waals surface area contributed by atoms with Crippen LogP contribution in [0, 0.1) is 11.3 Å². The first kappa shape index (κ1) is 16.5. The molecule has 0 saturated heterocycles. The van der Waals surface area contributed by atoms with E-state index < -0.39 is 5.97 Å². The Morgan fingerprint density at radius 2 is 1.70 bits per heavy atom. The first-order chi connectivity index (χ1) is 11.2. The zero-order chi connectivity index (χ0) is 16.5. The fraction of sp³-hybridized carbons (Fsp3) is 0.158. The number of carbonyl (C=O) groups excluding carboxylic acids is 1. The average Bonchev–Trinajstić information content (AvgIpc) is 2.61. The zero-order valence-electron chi connectivity index (χ0n) is 12.9. The fourth-order valence-corrected chi connectivity index (χ4v) is 2.00. The summed E-state index contributed by atoms with van der Waals surface area (Å²) < 4.78 is 9.75. The van der Waals surface area contributed by atoms with Gasteiger partial charge < -0.3 is 9.47 Å². The lowest BCUT2D eigenvalue weighted by Crippen LogP contribution is -2.11. The summed E-state index contributed by atoms with van der Waals surface area (Å²) >= 11 is 0. The van der Waals surface area contributed by atoms with Crippen molar-refractivity contribution in [3.8, 4) is 17.2 Å². The Bertz CT molecular complexity index is 713. The minimum atomic E-state index is -0.642. The van der Waals surface area contributed by atoms with Crippen LogP contribution >= 0.6 is 0 Å². The van der Waals surface area contributed by atoms with E-state index in [0.29, 0.717) is 6.61 Å². The Kier molecular flexibility index (Phi) is 6.10. The second-order valence-corrected chi connectivity index (χ2v) is 4.79. The van der Waals surface area contributed by atoms with E-state index in [2.05, 4.69) is 0 Å². The van der Waals surface area contributed by atoms with Crippen LogP contribution in [0.3, 0.4) is 0 Å². The Labute approximate surface area is 135 Å². The fourth-order valence-electron chi connectivity index (χ4n) is 2.00. The highest BCUT2D eigenvalue weighted by Crippen LogP contribution is 2.20. The largest absolute Gasteiger partial charge is 0.459 e. The molecular formula is C19H17NO3. The van der Waals surface area contributed by atoms with Crippen molar-refractivity contribution in [3.63, 3.8) is 0 Å². The van der Waals surface area contributed by atoms with Gasteiger partial charge in [0.15, 0.2) is 0 Å². The average molecular weight is 307 g/mol. The molecule has 0 saturated carbocycles. The van der Waals surface area contributed by atoms with Crippen molar-refractivity contribution >= 4 is 12.0 Å². The topological polar surface area (TPSA) is 59.3 Å². The van der Waals surface area contributed by atoms with Gasteiger partial charge in [0.2, 0.25) is 0 Å². The molecule has 0 aromatic heterocycles. The summed E-state index contributed by atoms with van der Waals surface area (Å²) in [6.07, 6.45) is 1.52. The van der Waals surface area contributed by atoms with E-state index in [9.17, 15) is 4.79 Å². The van der Waals surface area contributed by atoms with Crippen molar-refractivity contribution < 1.29 is 14.3 Å². The molecule has 4 nitrogen and oxygen atoms in total. The lowest BCUT2D eigenvalue weighted by atomic mass is 10.0. The molecule has 0 heterocycles. The first-order valence-electron chi connectivity index (χ1n) is 7.18. The van der Waals surface area contributed by atoms with Gasteiger partial charge >= 0.3 is 5.97 Å². The van der Waals surface area contributed by atoms with Crippen LogP contribution in [0.2, 0.25) is 0 Å². The summed E-state index contributed by atoms with van der Waals surface area (Å²) in [7, 11) is 1.52. The summed E-state index contributed by atoms with van der Waals surface area (Å²) in [5.74, 6) is -0.642. The molecule has 2 aromatic carbocycles. The number of esters is 1. The molecule has 0 aliphatic heterocycles. The molecule has 0 amide bonds. The molecule has 0 fully saturated rings. The van der Waals surface area contributed by atoms with Gasteiger partial charge in [0.05, 0.1) is 6.61 Å². The van der Waals surface area contributed by atoms with E-state index >= 15 is 0 Å². The normalized spacial score (nSPS) is 10.9. The second-order valence-electron chi connectivity index (χ2n) is 4.79. The Balaban J connectivity index is 2.11. The van der Waals surface area contributed by atoms with Crippen molar-refractivity contribution in [1.29, 1.82) is 5.26 Å². The highest BCUT2D eigenvalue weighted by atomic mass is 16.6. The van der Waals surface area contributed by atoms with Crippen molar-refractivity contribution in [2.24, 2.45) is 0 Å². The third kappa shape index (κ3) is 4.80. The van der Waals surface area contributed by atoms with Crippen LogP contribution in [0.15, 0.2) is 60.2 Å². The van der Waals surface area contributed by atoms with E-state index in [1.807, 2.05) is 60.7 Å². The predicted molar refractivity (Wildman–Crippen MR) is 88.3 cm³/mol. The Morgan fingerprint density at radius 3 is 2.30 bits per heavy atom. The van der Waals surface area contributed by atoms with Gasteiger partial charge in [0.1, 0.15) is 18.2 Å². The summed E-state index contributed by atoms with van der Waals surface area (Å²) in [5, 5.41) is 9.10. The Morgan fingerprint density at radius 1 is 1.04 bits per heavy atom. The van der Waals surface area contributed by atoms with Crippen LogP contribution in [0.1, 0.15) is 5.56 Å².